The Kier molecular flexibility index (Phi) is 6.33. The van der Waals surface area contributed by atoms with Crippen molar-refractivity contribution < 1.29 is 4.79 Å². The summed E-state index contributed by atoms with van der Waals surface area (Å²) in [4.78, 5) is 21.5. The maximum Gasteiger partial charge on any atom is 0.270 e. The number of fused-ring (bicyclic) bond motifs is 1. The lowest BCUT2D eigenvalue weighted by atomic mass is 9.97. The van der Waals surface area contributed by atoms with Gasteiger partial charge >= 0.3 is 0 Å². The number of nitrogen functional groups attached to an aromatic ring is 1. The van der Waals surface area contributed by atoms with E-state index in [1.54, 1.807) is 24.7 Å². The molecule has 4 rings (SSSR count). The van der Waals surface area contributed by atoms with E-state index in [9.17, 15) is 4.79 Å². The molecule has 0 unspecified atom stereocenters. The number of carbonyl (C=O) groups is 1. The molecule has 4 aromatic rings. The number of nitrogens with two attached hydrogens (primary N) is 1. The molecular weight excluding hydrogens is 440 g/mol. The summed E-state index contributed by atoms with van der Waals surface area (Å²) in [7, 11) is 0. The van der Waals surface area contributed by atoms with E-state index in [1.165, 1.54) is 4.52 Å². The number of pyridine rings is 2. The van der Waals surface area contributed by atoms with Crippen LogP contribution in [0.15, 0.2) is 43.0 Å². The lowest BCUT2D eigenvalue weighted by Gasteiger charge is -2.21. The minimum Gasteiger partial charge on any atom is -0.366 e. The minimum absolute atomic E-state index is 0.0259. The minimum atomic E-state index is -0.237. The Bertz CT molecular complexity index is 1290. The van der Waals surface area contributed by atoms with Gasteiger partial charge in [0, 0.05) is 30.2 Å². The topological polar surface area (TPSA) is 116 Å². The largest absolute Gasteiger partial charge is 0.366 e. The lowest BCUT2D eigenvalue weighted by Crippen LogP contribution is -2.33. The van der Waals surface area contributed by atoms with Crippen molar-refractivity contribution in [2.45, 2.75) is 46.2 Å². The summed E-state index contributed by atoms with van der Waals surface area (Å²) in [6, 6.07) is 5.51. The summed E-state index contributed by atoms with van der Waals surface area (Å²) in [6.07, 6.45) is 7.96. The van der Waals surface area contributed by atoms with E-state index in [0.29, 0.717) is 16.4 Å². The molecule has 1 amide bonds. The number of nitrogens with one attached hydrogen (secondary N) is 1. The van der Waals surface area contributed by atoms with Gasteiger partial charge in [0.1, 0.15) is 5.69 Å². The van der Waals surface area contributed by atoms with Gasteiger partial charge in [-0.3, -0.25) is 14.5 Å². The molecule has 0 fully saturated rings. The highest BCUT2D eigenvalue weighted by Crippen LogP contribution is 2.30. The fourth-order valence-corrected chi connectivity index (χ4v) is 3.98. The van der Waals surface area contributed by atoms with Gasteiger partial charge in [-0.05, 0) is 48.6 Å². The first-order valence-corrected chi connectivity index (χ1v) is 11.3. The molecule has 0 saturated carbocycles. The Labute approximate surface area is 197 Å². The third-order valence-corrected chi connectivity index (χ3v) is 5.80. The molecule has 3 N–H and O–H groups in total. The number of halogens is 1. The van der Waals surface area contributed by atoms with Gasteiger partial charge in [-0.2, -0.15) is 10.1 Å². The molecule has 33 heavy (non-hydrogen) atoms. The van der Waals surface area contributed by atoms with E-state index in [-0.39, 0.29) is 29.9 Å². The summed E-state index contributed by atoms with van der Waals surface area (Å²) in [5.74, 6) is 0.112. The van der Waals surface area contributed by atoms with Gasteiger partial charge in [0.25, 0.3) is 5.91 Å². The molecule has 0 aliphatic carbocycles. The number of anilines is 1. The Balaban J connectivity index is 1.76. The van der Waals surface area contributed by atoms with Crippen LogP contribution in [-0.4, -0.2) is 41.3 Å². The predicted octanol–water partition coefficient (Wildman–Crippen LogP) is 4.00. The molecular formula is C23H27ClN8O. The van der Waals surface area contributed by atoms with Crippen molar-refractivity contribution in [3.8, 4) is 11.1 Å². The monoisotopic (exact) mass is 466 g/mol. The highest BCUT2D eigenvalue weighted by atomic mass is 35.5. The van der Waals surface area contributed by atoms with Crippen molar-refractivity contribution in [1.82, 2.24) is 34.7 Å². The molecule has 0 aliphatic heterocycles. The molecule has 4 heterocycles. The molecule has 0 radical (unpaired) electrons. The SMILES string of the molecule is CC[C@H](C)NC(=O)c1cc(-c2cnn([C@H](c3cncc(Cl)c3)C(C)C)c2)cc2nc(N)nn12. The summed E-state index contributed by atoms with van der Waals surface area (Å²) in [6.45, 7) is 8.21. The van der Waals surface area contributed by atoms with E-state index in [1.807, 2.05) is 36.9 Å². The van der Waals surface area contributed by atoms with Gasteiger partial charge in [0.15, 0.2) is 5.65 Å². The average Bonchev–Trinajstić information content (AvgIpc) is 3.38. The number of aromatic nitrogens is 6. The first kappa shape index (κ1) is 22.7. The number of hydrogen-bond acceptors (Lipinski definition) is 6. The molecule has 0 spiro atoms. The fourth-order valence-electron chi connectivity index (χ4n) is 3.80. The van der Waals surface area contributed by atoms with E-state index >= 15 is 0 Å². The Morgan fingerprint density at radius 1 is 1.15 bits per heavy atom. The maximum atomic E-state index is 13.0. The van der Waals surface area contributed by atoms with Crippen LogP contribution in [0.4, 0.5) is 5.95 Å². The zero-order valence-electron chi connectivity index (χ0n) is 19.0. The van der Waals surface area contributed by atoms with Crippen molar-refractivity contribution in [3.05, 3.63) is 59.3 Å². The van der Waals surface area contributed by atoms with E-state index in [0.717, 1.165) is 23.1 Å². The Hall–Kier alpha value is -3.46. The van der Waals surface area contributed by atoms with E-state index in [2.05, 4.69) is 39.3 Å². The first-order valence-electron chi connectivity index (χ1n) is 10.9. The molecule has 10 heteroatoms. The third-order valence-electron chi connectivity index (χ3n) is 5.59. The van der Waals surface area contributed by atoms with Crippen LogP contribution in [-0.2, 0) is 0 Å². The summed E-state index contributed by atoms with van der Waals surface area (Å²) in [5, 5.41) is 12.4. The smallest absolute Gasteiger partial charge is 0.270 e. The van der Waals surface area contributed by atoms with Crippen LogP contribution >= 0.6 is 11.6 Å². The first-order chi connectivity index (χ1) is 15.8. The molecule has 0 saturated heterocycles. The molecule has 0 aliphatic rings. The third kappa shape index (κ3) is 4.68. The van der Waals surface area contributed by atoms with Crippen LogP contribution in [0.2, 0.25) is 5.02 Å². The Morgan fingerprint density at radius 3 is 2.64 bits per heavy atom. The van der Waals surface area contributed by atoms with Gasteiger partial charge in [0.05, 0.1) is 17.3 Å². The summed E-state index contributed by atoms with van der Waals surface area (Å²) < 4.78 is 3.37. The highest BCUT2D eigenvalue weighted by Gasteiger charge is 2.22. The second-order valence-corrected chi connectivity index (χ2v) is 8.92. The quantitative estimate of drug-likeness (QED) is 0.425. The zero-order valence-corrected chi connectivity index (χ0v) is 19.8. The van der Waals surface area contributed by atoms with Gasteiger partial charge in [-0.1, -0.05) is 32.4 Å². The lowest BCUT2D eigenvalue weighted by molar-refractivity contribution is 0.0932. The van der Waals surface area contributed by atoms with Crippen molar-refractivity contribution in [1.29, 1.82) is 0 Å². The number of amides is 1. The molecule has 172 valence electrons. The van der Waals surface area contributed by atoms with Crippen molar-refractivity contribution in [3.63, 3.8) is 0 Å². The zero-order chi connectivity index (χ0) is 23.7. The van der Waals surface area contributed by atoms with Gasteiger partial charge < -0.3 is 11.1 Å². The van der Waals surface area contributed by atoms with Crippen molar-refractivity contribution >= 4 is 29.1 Å². The number of carbonyl (C=O) groups excluding carboxylic acids is 1. The van der Waals surface area contributed by atoms with Crippen LogP contribution in [0.5, 0.6) is 0 Å². The van der Waals surface area contributed by atoms with Gasteiger partial charge in [-0.15, -0.1) is 5.10 Å². The number of hydrogen-bond donors (Lipinski definition) is 2. The van der Waals surface area contributed by atoms with Crippen LogP contribution in [0, 0.1) is 5.92 Å². The molecule has 4 aromatic heterocycles. The molecule has 0 bridgehead atoms. The number of rotatable bonds is 7. The van der Waals surface area contributed by atoms with Crippen molar-refractivity contribution in [2.24, 2.45) is 5.92 Å². The van der Waals surface area contributed by atoms with E-state index < -0.39 is 0 Å². The molecule has 0 aromatic carbocycles. The average molecular weight is 467 g/mol. The maximum absolute atomic E-state index is 13.0. The van der Waals surface area contributed by atoms with Crippen LogP contribution in [0.3, 0.4) is 0 Å². The van der Waals surface area contributed by atoms with E-state index in [4.69, 9.17) is 17.3 Å². The normalized spacial score (nSPS) is 13.4. The summed E-state index contributed by atoms with van der Waals surface area (Å²) in [5.41, 5.74) is 9.29. The summed E-state index contributed by atoms with van der Waals surface area (Å²) >= 11 is 6.18. The standard InChI is InChI=1S/C23H27ClN8O/c1-5-14(4)28-22(33)19-7-15(8-20-29-23(25)30-32(19)20)17-10-27-31(12-17)21(13(2)3)16-6-18(24)11-26-9-16/h6-14,21H,5H2,1-4H3,(H2,25,30)(H,28,33)/t14-,21-/m0/s1. The van der Waals surface area contributed by atoms with Crippen molar-refractivity contribution in [2.75, 3.05) is 5.73 Å². The molecule has 2 atom stereocenters. The van der Waals surface area contributed by atoms with Gasteiger partial charge in [-0.25, -0.2) is 4.52 Å². The van der Waals surface area contributed by atoms with Crippen LogP contribution in [0.25, 0.3) is 16.8 Å². The molecule has 9 nitrogen and oxygen atoms in total. The Morgan fingerprint density at radius 2 is 1.94 bits per heavy atom. The number of nitrogens with zero attached hydrogens (tertiary/aromatic N) is 6. The van der Waals surface area contributed by atoms with Gasteiger partial charge in [0.2, 0.25) is 5.95 Å². The fraction of sp³-hybridized carbons (Fsp3) is 0.348. The second kappa shape index (κ2) is 9.19. The van der Waals surface area contributed by atoms with Crippen LogP contribution < -0.4 is 11.1 Å². The van der Waals surface area contributed by atoms with Crippen LogP contribution in [0.1, 0.15) is 56.2 Å². The highest BCUT2D eigenvalue weighted by molar-refractivity contribution is 6.30. The predicted molar refractivity (Wildman–Crippen MR) is 128 cm³/mol. The second-order valence-electron chi connectivity index (χ2n) is 8.49.